The fourth-order valence-corrected chi connectivity index (χ4v) is 11.6. The van der Waals surface area contributed by atoms with Gasteiger partial charge in [0, 0.05) is 12.3 Å². The maximum atomic E-state index is 11.9. The number of fused-ring (bicyclic) bond motifs is 5. The van der Waals surface area contributed by atoms with Gasteiger partial charge in [0.2, 0.25) is 0 Å². The minimum absolute atomic E-state index is 0.0196. The molecule has 4 saturated carbocycles. The van der Waals surface area contributed by atoms with Crippen molar-refractivity contribution < 1.29 is 19.4 Å². The van der Waals surface area contributed by atoms with Gasteiger partial charge < -0.3 is 14.6 Å². The number of carbonyl (C=O) groups excluding carboxylic acids is 1. The van der Waals surface area contributed by atoms with Crippen LogP contribution in [0.5, 0.6) is 0 Å². The van der Waals surface area contributed by atoms with Crippen molar-refractivity contribution in [2.75, 3.05) is 0 Å². The van der Waals surface area contributed by atoms with Crippen LogP contribution in [0.1, 0.15) is 127 Å². The molecule has 0 aromatic rings. The van der Waals surface area contributed by atoms with E-state index in [2.05, 4.69) is 55.4 Å². The lowest BCUT2D eigenvalue weighted by atomic mass is 9.35. The Hall–Kier alpha value is -0.610. The third-order valence-electron chi connectivity index (χ3n) is 13.6. The normalized spacial score (nSPS) is 53.6. The number of aliphatic hydroxyl groups is 1. The first kappa shape index (κ1) is 27.0. The van der Waals surface area contributed by atoms with Gasteiger partial charge in [0.15, 0.2) is 0 Å². The molecular formula is C32H54O4. The van der Waals surface area contributed by atoms with E-state index in [1.165, 1.54) is 44.9 Å². The van der Waals surface area contributed by atoms with Crippen molar-refractivity contribution in [3.8, 4) is 0 Å². The zero-order valence-corrected chi connectivity index (χ0v) is 24.7. The quantitative estimate of drug-likeness (QED) is 0.402. The molecule has 1 N–H and O–H groups in total. The van der Waals surface area contributed by atoms with Crippen LogP contribution in [-0.2, 0) is 14.3 Å². The summed E-state index contributed by atoms with van der Waals surface area (Å²) in [5.74, 6) is 2.46. The summed E-state index contributed by atoms with van der Waals surface area (Å²) in [6.07, 6.45) is 11.4. The molecule has 0 radical (unpaired) electrons. The van der Waals surface area contributed by atoms with Crippen LogP contribution in [0.2, 0.25) is 0 Å². The molecule has 1 saturated heterocycles. The van der Waals surface area contributed by atoms with E-state index in [-0.39, 0.29) is 29.2 Å². The molecule has 1 aliphatic heterocycles. The van der Waals surface area contributed by atoms with E-state index in [1.54, 1.807) is 6.92 Å². The van der Waals surface area contributed by atoms with E-state index in [0.717, 1.165) is 25.2 Å². The van der Waals surface area contributed by atoms with Gasteiger partial charge in [0.1, 0.15) is 6.10 Å². The highest BCUT2D eigenvalue weighted by Crippen LogP contribution is 2.76. The molecule has 206 valence electrons. The summed E-state index contributed by atoms with van der Waals surface area (Å²) in [6, 6.07) is 0. The van der Waals surface area contributed by atoms with Gasteiger partial charge >= 0.3 is 5.97 Å². The van der Waals surface area contributed by atoms with E-state index in [9.17, 15) is 9.90 Å². The smallest absolute Gasteiger partial charge is 0.302 e. The standard InChI is InChI=1S/C32H54O4/c1-20(33)35-26-15-16-29(6)23(27(26,2)3)13-18-31(8)24(29)11-10-21-22(12-17-30(21,31)7)32(9)19-14-25(34)28(4,5)36-32/h21-26,34H,10-19H2,1-9H3/t21-,22?,23?,24?,25-,26+,29+,30?,31-,32+/m1/s1. The lowest BCUT2D eigenvalue weighted by molar-refractivity contribution is -0.254. The largest absolute Gasteiger partial charge is 0.462 e. The van der Waals surface area contributed by atoms with Crippen molar-refractivity contribution in [3.63, 3.8) is 0 Å². The van der Waals surface area contributed by atoms with Crippen LogP contribution in [-0.4, -0.2) is 34.5 Å². The average molecular weight is 503 g/mol. The Morgan fingerprint density at radius 3 is 2.06 bits per heavy atom. The highest BCUT2D eigenvalue weighted by molar-refractivity contribution is 5.66. The van der Waals surface area contributed by atoms with Crippen molar-refractivity contribution in [1.29, 1.82) is 0 Å². The van der Waals surface area contributed by atoms with Crippen LogP contribution in [0, 0.1) is 45.3 Å². The second-order valence-electron chi connectivity index (χ2n) is 15.8. The van der Waals surface area contributed by atoms with Crippen LogP contribution in [0.25, 0.3) is 0 Å². The molecule has 4 nitrogen and oxygen atoms in total. The maximum absolute atomic E-state index is 11.9. The molecule has 5 fully saturated rings. The fourth-order valence-electron chi connectivity index (χ4n) is 11.6. The van der Waals surface area contributed by atoms with E-state index in [0.29, 0.717) is 34.0 Å². The minimum Gasteiger partial charge on any atom is -0.462 e. The zero-order chi connectivity index (χ0) is 26.5. The molecule has 0 aromatic carbocycles. The first-order chi connectivity index (χ1) is 16.5. The summed E-state index contributed by atoms with van der Waals surface area (Å²) in [5, 5.41) is 10.6. The third kappa shape index (κ3) is 3.55. The molecule has 4 aliphatic carbocycles. The summed E-state index contributed by atoms with van der Waals surface area (Å²) < 4.78 is 12.7. The second-order valence-corrected chi connectivity index (χ2v) is 15.8. The molecule has 4 unspecified atom stereocenters. The molecular weight excluding hydrogens is 448 g/mol. The van der Waals surface area contributed by atoms with E-state index >= 15 is 0 Å². The third-order valence-corrected chi connectivity index (χ3v) is 13.6. The average Bonchev–Trinajstić information content (AvgIpc) is 3.12. The number of esters is 1. The number of aliphatic hydroxyl groups excluding tert-OH is 1. The Kier molecular flexibility index (Phi) is 6.14. The Bertz CT molecular complexity index is 895. The lowest BCUT2D eigenvalue weighted by Gasteiger charge is -2.70. The van der Waals surface area contributed by atoms with Gasteiger partial charge in [-0.05, 0) is 125 Å². The van der Waals surface area contributed by atoms with Gasteiger partial charge in [-0.3, -0.25) is 4.79 Å². The van der Waals surface area contributed by atoms with E-state index in [1.807, 2.05) is 0 Å². The molecule has 5 aliphatic rings. The molecule has 5 rings (SSSR count). The van der Waals surface area contributed by atoms with Gasteiger partial charge in [-0.2, -0.15) is 0 Å². The number of hydrogen-bond acceptors (Lipinski definition) is 4. The molecule has 0 aromatic heterocycles. The predicted molar refractivity (Wildman–Crippen MR) is 143 cm³/mol. The first-order valence-electron chi connectivity index (χ1n) is 15.1. The molecule has 1 heterocycles. The minimum atomic E-state index is -0.467. The van der Waals surface area contributed by atoms with Crippen molar-refractivity contribution in [2.45, 2.75) is 150 Å². The number of hydrogen-bond donors (Lipinski definition) is 1. The monoisotopic (exact) mass is 502 g/mol. The first-order valence-corrected chi connectivity index (χ1v) is 15.1. The molecule has 0 spiro atoms. The SMILES string of the molecule is CC(=O)O[C@H]1CC[C@@]2(C)C(CC[C@]3(C)C2CC[C@@H]2C([C@]4(C)CC[C@@H](O)C(C)(C)O4)CCC23C)C1(C)C. The number of rotatable bonds is 2. The summed E-state index contributed by atoms with van der Waals surface area (Å²) in [7, 11) is 0. The topological polar surface area (TPSA) is 55.8 Å². The Labute approximate surface area is 220 Å². The van der Waals surface area contributed by atoms with E-state index in [4.69, 9.17) is 9.47 Å². The predicted octanol–water partition coefficient (Wildman–Crippen LogP) is 7.31. The Morgan fingerprint density at radius 2 is 1.42 bits per heavy atom. The molecule has 36 heavy (non-hydrogen) atoms. The van der Waals surface area contributed by atoms with E-state index < -0.39 is 5.60 Å². The number of carbonyl (C=O) groups is 1. The van der Waals surface area contributed by atoms with Gasteiger partial charge in [-0.1, -0.05) is 34.6 Å². The van der Waals surface area contributed by atoms with Gasteiger partial charge in [-0.25, -0.2) is 0 Å². The highest BCUT2D eigenvalue weighted by Gasteiger charge is 2.70. The van der Waals surface area contributed by atoms with Crippen LogP contribution < -0.4 is 0 Å². The summed E-state index contributed by atoms with van der Waals surface area (Å²) >= 11 is 0. The molecule has 10 atom stereocenters. The second kappa shape index (κ2) is 8.20. The summed E-state index contributed by atoms with van der Waals surface area (Å²) in [6.45, 7) is 20.8. The van der Waals surface area contributed by atoms with Crippen molar-refractivity contribution in [1.82, 2.24) is 0 Å². The molecule has 4 heteroatoms. The summed E-state index contributed by atoms with van der Waals surface area (Å²) in [5.41, 5.74) is 0.380. The van der Waals surface area contributed by atoms with Gasteiger partial charge in [0.25, 0.3) is 0 Å². The van der Waals surface area contributed by atoms with Gasteiger partial charge in [0.05, 0.1) is 17.3 Å². The lowest BCUT2D eigenvalue weighted by Crippen LogP contribution is -2.64. The van der Waals surface area contributed by atoms with Gasteiger partial charge in [-0.15, -0.1) is 0 Å². The van der Waals surface area contributed by atoms with Crippen molar-refractivity contribution in [3.05, 3.63) is 0 Å². The van der Waals surface area contributed by atoms with Crippen LogP contribution in [0.3, 0.4) is 0 Å². The van der Waals surface area contributed by atoms with Crippen molar-refractivity contribution >= 4 is 5.97 Å². The molecule has 0 amide bonds. The maximum Gasteiger partial charge on any atom is 0.302 e. The Morgan fingerprint density at radius 1 is 0.750 bits per heavy atom. The van der Waals surface area contributed by atoms with Crippen molar-refractivity contribution in [2.24, 2.45) is 45.3 Å². The number of ether oxygens (including phenoxy) is 2. The molecule has 0 bridgehead atoms. The highest BCUT2D eigenvalue weighted by atomic mass is 16.5. The van der Waals surface area contributed by atoms with Crippen LogP contribution in [0.4, 0.5) is 0 Å². The summed E-state index contributed by atoms with van der Waals surface area (Å²) in [4.78, 5) is 11.9. The van der Waals surface area contributed by atoms with Crippen LogP contribution in [0.15, 0.2) is 0 Å². The fraction of sp³-hybridized carbons (Fsp3) is 0.969. The van der Waals surface area contributed by atoms with Crippen LogP contribution >= 0.6 is 0 Å². The zero-order valence-electron chi connectivity index (χ0n) is 24.7. The Balaban J connectivity index is 1.43.